The van der Waals surface area contributed by atoms with Gasteiger partial charge in [0.1, 0.15) is 17.0 Å². The van der Waals surface area contributed by atoms with Gasteiger partial charge in [-0.05, 0) is 36.8 Å². The van der Waals surface area contributed by atoms with Crippen molar-refractivity contribution in [3.05, 3.63) is 71.4 Å². The van der Waals surface area contributed by atoms with E-state index in [2.05, 4.69) is 51.4 Å². The second-order valence-corrected chi connectivity index (χ2v) is 10.7. The van der Waals surface area contributed by atoms with Crippen LogP contribution < -0.4 is 4.90 Å². The summed E-state index contributed by atoms with van der Waals surface area (Å²) < 4.78 is 27.6. The van der Waals surface area contributed by atoms with Gasteiger partial charge in [0.05, 0.1) is 21.9 Å². The van der Waals surface area contributed by atoms with Crippen molar-refractivity contribution in [1.29, 1.82) is 5.26 Å². The summed E-state index contributed by atoms with van der Waals surface area (Å²) in [5, 5.41) is 12.1. The van der Waals surface area contributed by atoms with E-state index in [0.29, 0.717) is 31.7 Å². The maximum atomic E-state index is 13.1. The van der Waals surface area contributed by atoms with Gasteiger partial charge in [0.2, 0.25) is 10.0 Å². The molecule has 9 heteroatoms. The third-order valence-electron chi connectivity index (χ3n) is 5.87. The predicted molar refractivity (Wildman–Crippen MR) is 130 cm³/mol. The second-order valence-electron chi connectivity index (χ2n) is 7.92. The number of benzene rings is 2. The van der Waals surface area contributed by atoms with E-state index in [9.17, 15) is 8.42 Å². The second kappa shape index (κ2) is 8.56. The van der Waals surface area contributed by atoms with Gasteiger partial charge in [-0.1, -0.05) is 29.8 Å². The van der Waals surface area contributed by atoms with Crippen LogP contribution in [0.1, 0.15) is 11.1 Å². The number of piperazine rings is 1. The van der Waals surface area contributed by atoms with Crippen molar-refractivity contribution in [3.63, 3.8) is 0 Å². The van der Waals surface area contributed by atoms with Crippen molar-refractivity contribution >= 4 is 37.4 Å². The van der Waals surface area contributed by atoms with Gasteiger partial charge in [0, 0.05) is 37.1 Å². The van der Waals surface area contributed by atoms with Crippen LogP contribution in [0.15, 0.2) is 65.1 Å². The molecule has 2 aromatic heterocycles. The average Bonchev–Trinajstić information content (AvgIpc) is 3.29. The average molecular weight is 476 g/mol. The van der Waals surface area contributed by atoms with Crippen molar-refractivity contribution in [1.82, 2.24) is 14.3 Å². The van der Waals surface area contributed by atoms with E-state index in [0.717, 1.165) is 27.2 Å². The van der Waals surface area contributed by atoms with E-state index >= 15 is 0 Å². The summed E-state index contributed by atoms with van der Waals surface area (Å²) in [5.41, 5.74) is 3.85. The third kappa shape index (κ3) is 3.97. The maximum Gasteiger partial charge on any atom is 0.243 e. The van der Waals surface area contributed by atoms with Crippen LogP contribution in [0, 0.1) is 18.3 Å². The Morgan fingerprint density at radius 1 is 0.970 bits per heavy atom. The molecule has 0 unspecified atom stereocenters. The van der Waals surface area contributed by atoms with Crippen molar-refractivity contribution < 1.29 is 8.42 Å². The highest BCUT2D eigenvalue weighted by Crippen LogP contribution is 2.38. The van der Waals surface area contributed by atoms with E-state index in [4.69, 9.17) is 5.26 Å². The first-order valence-electron chi connectivity index (χ1n) is 10.5. The van der Waals surface area contributed by atoms with Crippen LogP contribution >= 0.6 is 11.3 Å². The number of nitriles is 1. The zero-order valence-corrected chi connectivity index (χ0v) is 19.6. The summed E-state index contributed by atoms with van der Waals surface area (Å²) in [5.74, 6) is 0.840. The van der Waals surface area contributed by atoms with Gasteiger partial charge in [-0.3, -0.25) is 0 Å². The van der Waals surface area contributed by atoms with Gasteiger partial charge in [-0.25, -0.2) is 18.4 Å². The largest absolute Gasteiger partial charge is 0.353 e. The number of hydrogen-bond donors (Lipinski definition) is 0. The molecule has 0 N–H and O–H groups in total. The molecule has 0 radical (unpaired) electrons. The minimum atomic E-state index is -3.61. The lowest BCUT2D eigenvalue weighted by Crippen LogP contribution is -2.49. The standard InChI is InChI=1S/C24H21N5O2S2/c1-17-2-6-19(7-3-17)21-15-32-24-22(21)23(26-16-27-24)28-10-12-29(13-11-28)33(30,31)20-8-4-18(14-25)5-9-20/h2-9,15-16H,10-13H2,1H3. The molecule has 0 atom stereocenters. The number of aromatic nitrogens is 2. The molecule has 7 nitrogen and oxygen atoms in total. The number of anilines is 1. The summed E-state index contributed by atoms with van der Waals surface area (Å²) in [6.45, 7) is 3.85. The van der Waals surface area contributed by atoms with E-state index in [1.54, 1.807) is 17.7 Å². The van der Waals surface area contributed by atoms with Gasteiger partial charge in [-0.15, -0.1) is 11.3 Å². The Hall–Kier alpha value is -3.32. The number of nitrogens with zero attached hydrogens (tertiary/aromatic N) is 5. The Kier molecular flexibility index (Phi) is 5.58. The Balaban J connectivity index is 1.41. The monoisotopic (exact) mass is 475 g/mol. The topological polar surface area (TPSA) is 90.2 Å². The highest BCUT2D eigenvalue weighted by atomic mass is 32.2. The van der Waals surface area contributed by atoms with Crippen LogP contribution in [0.5, 0.6) is 0 Å². The molecule has 166 valence electrons. The lowest BCUT2D eigenvalue weighted by atomic mass is 10.0. The van der Waals surface area contributed by atoms with Crippen LogP contribution in [0.2, 0.25) is 0 Å². The minimum Gasteiger partial charge on any atom is -0.353 e. The van der Waals surface area contributed by atoms with Gasteiger partial charge < -0.3 is 4.90 Å². The van der Waals surface area contributed by atoms with Crippen LogP contribution in [0.4, 0.5) is 5.82 Å². The fraction of sp³-hybridized carbons (Fsp3) is 0.208. The Bertz CT molecular complexity index is 1450. The van der Waals surface area contributed by atoms with Crippen molar-refractivity contribution in [2.24, 2.45) is 0 Å². The molecule has 4 aromatic rings. The molecule has 1 fully saturated rings. The van der Waals surface area contributed by atoms with Crippen molar-refractivity contribution in [3.8, 4) is 17.2 Å². The molecule has 0 spiro atoms. The lowest BCUT2D eigenvalue weighted by Gasteiger charge is -2.35. The van der Waals surface area contributed by atoms with Crippen LogP contribution in [0.25, 0.3) is 21.3 Å². The maximum absolute atomic E-state index is 13.1. The zero-order chi connectivity index (χ0) is 23.0. The first kappa shape index (κ1) is 21.5. The molecular formula is C24H21N5O2S2. The Morgan fingerprint density at radius 3 is 2.33 bits per heavy atom. The number of aryl methyl sites for hydroxylation is 1. The number of thiophene rings is 1. The number of rotatable bonds is 4. The molecule has 1 saturated heterocycles. The summed E-state index contributed by atoms with van der Waals surface area (Å²) in [4.78, 5) is 12.3. The van der Waals surface area contributed by atoms with E-state index in [1.807, 2.05) is 6.07 Å². The fourth-order valence-electron chi connectivity index (χ4n) is 4.04. The highest BCUT2D eigenvalue weighted by Gasteiger charge is 2.30. The minimum absolute atomic E-state index is 0.207. The summed E-state index contributed by atoms with van der Waals surface area (Å²) in [7, 11) is -3.61. The quantitative estimate of drug-likeness (QED) is 0.442. The number of fused-ring (bicyclic) bond motifs is 1. The van der Waals surface area contributed by atoms with E-state index in [1.165, 1.54) is 34.1 Å². The molecule has 3 heterocycles. The molecule has 1 aliphatic rings. The SMILES string of the molecule is Cc1ccc(-c2csc3ncnc(N4CCN(S(=O)(=O)c5ccc(C#N)cc5)CC4)c23)cc1. The predicted octanol–water partition coefficient (Wildman–Crippen LogP) is 4.05. The van der Waals surface area contributed by atoms with E-state index < -0.39 is 10.0 Å². The molecule has 5 rings (SSSR count). The molecule has 0 aliphatic carbocycles. The van der Waals surface area contributed by atoms with Gasteiger partial charge in [-0.2, -0.15) is 9.57 Å². The fourth-order valence-corrected chi connectivity index (χ4v) is 6.37. The zero-order valence-electron chi connectivity index (χ0n) is 18.0. The summed E-state index contributed by atoms with van der Waals surface area (Å²) in [6, 6.07) is 16.5. The number of sulfonamides is 1. The first-order chi connectivity index (χ1) is 16.0. The van der Waals surface area contributed by atoms with E-state index in [-0.39, 0.29) is 4.90 Å². The lowest BCUT2D eigenvalue weighted by molar-refractivity contribution is 0.384. The summed E-state index contributed by atoms with van der Waals surface area (Å²) in [6.07, 6.45) is 1.58. The van der Waals surface area contributed by atoms with Crippen molar-refractivity contribution in [2.45, 2.75) is 11.8 Å². The summed E-state index contributed by atoms with van der Waals surface area (Å²) >= 11 is 1.59. The van der Waals surface area contributed by atoms with Gasteiger partial charge in [0.25, 0.3) is 0 Å². The first-order valence-corrected chi connectivity index (χ1v) is 12.8. The smallest absolute Gasteiger partial charge is 0.243 e. The Labute approximate surface area is 196 Å². The van der Waals surface area contributed by atoms with Gasteiger partial charge >= 0.3 is 0 Å². The molecule has 0 saturated carbocycles. The van der Waals surface area contributed by atoms with Crippen molar-refractivity contribution in [2.75, 3.05) is 31.1 Å². The van der Waals surface area contributed by atoms with Crippen LogP contribution in [0.3, 0.4) is 0 Å². The normalized spacial score (nSPS) is 15.0. The Morgan fingerprint density at radius 2 is 1.67 bits per heavy atom. The molecule has 33 heavy (non-hydrogen) atoms. The van der Waals surface area contributed by atoms with Crippen LogP contribution in [-0.2, 0) is 10.0 Å². The molecule has 0 bridgehead atoms. The highest BCUT2D eigenvalue weighted by molar-refractivity contribution is 7.89. The molecular weight excluding hydrogens is 454 g/mol. The van der Waals surface area contributed by atoms with Gasteiger partial charge in [0.15, 0.2) is 0 Å². The molecule has 2 aromatic carbocycles. The third-order valence-corrected chi connectivity index (χ3v) is 8.67. The molecule has 1 aliphatic heterocycles. The molecule has 0 amide bonds. The number of hydrogen-bond acceptors (Lipinski definition) is 7. The van der Waals surface area contributed by atoms with Crippen LogP contribution in [-0.4, -0.2) is 48.9 Å².